The monoisotopic (exact) mass is 372 g/mol. The first-order valence-electron chi connectivity index (χ1n) is 9.26. The average molecular weight is 372 g/mol. The van der Waals surface area contributed by atoms with Crippen LogP contribution < -0.4 is 15.4 Å². The standard InChI is InChI=1S/C23H20N2O3/c26-22(24-19-14-7-9-16-8-6-12-18(16)19)23(27)25-20-13-4-5-15-21(20)28-17-10-2-1-3-11-17/h1-5,7,9-11,13-15H,6,8,12H2,(H,24,26)(H,25,27). The van der Waals surface area contributed by atoms with Crippen molar-refractivity contribution in [1.29, 1.82) is 0 Å². The number of nitrogens with one attached hydrogen (secondary N) is 2. The van der Waals surface area contributed by atoms with Gasteiger partial charge in [-0.25, -0.2) is 0 Å². The Labute approximate surface area is 163 Å². The van der Waals surface area contributed by atoms with Crippen molar-refractivity contribution in [3.8, 4) is 11.5 Å². The zero-order valence-electron chi connectivity index (χ0n) is 15.3. The molecular formula is C23H20N2O3. The fraction of sp³-hybridized carbons (Fsp3) is 0.130. The molecule has 0 heterocycles. The minimum Gasteiger partial charge on any atom is -0.455 e. The number of hydrogen-bond donors (Lipinski definition) is 2. The smallest absolute Gasteiger partial charge is 0.314 e. The van der Waals surface area contributed by atoms with Crippen LogP contribution in [-0.4, -0.2) is 11.8 Å². The van der Waals surface area contributed by atoms with Gasteiger partial charge in [0.1, 0.15) is 5.75 Å². The normalized spacial score (nSPS) is 12.1. The zero-order chi connectivity index (χ0) is 19.3. The summed E-state index contributed by atoms with van der Waals surface area (Å²) in [5, 5.41) is 5.38. The lowest BCUT2D eigenvalue weighted by atomic mass is 10.1. The number of carbonyl (C=O) groups excluding carboxylic acids is 2. The molecule has 1 aliphatic carbocycles. The third-order valence-electron chi connectivity index (χ3n) is 4.71. The van der Waals surface area contributed by atoms with Crippen LogP contribution in [0.25, 0.3) is 0 Å². The molecule has 28 heavy (non-hydrogen) atoms. The van der Waals surface area contributed by atoms with Gasteiger partial charge in [-0.05, 0) is 60.7 Å². The van der Waals surface area contributed by atoms with E-state index in [1.165, 1.54) is 5.56 Å². The van der Waals surface area contributed by atoms with E-state index in [0.29, 0.717) is 22.9 Å². The Bertz CT molecular complexity index is 1020. The fourth-order valence-corrected chi connectivity index (χ4v) is 3.37. The van der Waals surface area contributed by atoms with Crippen LogP contribution in [0.5, 0.6) is 11.5 Å². The predicted molar refractivity (Wildman–Crippen MR) is 109 cm³/mol. The molecule has 0 aliphatic heterocycles. The second kappa shape index (κ2) is 7.96. The summed E-state index contributed by atoms with van der Waals surface area (Å²) in [4.78, 5) is 24.9. The van der Waals surface area contributed by atoms with E-state index < -0.39 is 11.8 Å². The van der Waals surface area contributed by atoms with Crippen molar-refractivity contribution in [2.75, 3.05) is 10.6 Å². The highest BCUT2D eigenvalue weighted by molar-refractivity contribution is 6.43. The fourth-order valence-electron chi connectivity index (χ4n) is 3.37. The SMILES string of the molecule is O=C(Nc1ccccc1Oc1ccccc1)C(=O)Nc1cccc2c1CCC2. The largest absolute Gasteiger partial charge is 0.455 e. The lowest BCUT2D eigenvalue weighted by Gasteiger charge is -2.13. The summed E-state index contributed by atoms with van der Waals surface area (Å²) in [6.07, 6.45) is 3.00. The number of amides is 2. The maximum Gasteiger partial charge on any atom is 0.314 e. The number of carbonyl (C=O) groups is 2. The van der Waals surface area contributed by atoms with E-state index in [1.54, 1.807) is 24.3 Å². The molecule has 0 fully saturated rings. The number of fused-ring (bicyclic) bond motifs is 1. The molecule has 3 aromatic rings. The summed E-state index contributed by atoms with van der Waals surface area (Å²) in [6, 6.07) is 22.1. The van der Waals surface area contributed by atoms with Gasteiger partial charge in [0.25, 0.3) is 0 Å². The molecule has 0 saturated carbocycles. The Hall–Kier alpha value is -3.60. The average Bonchev–Trinajstić information content (AvgIpc) is 3.20. The molecule has 0 unspecified atom stereocenters. The molecule has 3 aromatic carbocycles. The van der Waals surface area contributed by atoms with Crippen molar-refractivity contribution in [1.82, 2.24) is 0 Å². The summed E-state index contributed by atoms with van der Waals surface area (Å²) < 4.78 is 5.82. The zero-order valence-corrected chi connectivity index (χ0v) is 15.3. The van der Waals surface area contributed by atoms with Crippen molar-refractivity contribution >= 4 is 23.2 Å². The highest BCUT2D eigenvalue weighted by Crippen LogP contribution is 2.30. The van der Waals surface area contributed by atoms with Crippen molar-refractivity contribution in [2.45, 2.75) is 19.3 Å². The van der Waals surface area contributed by atoms with Gasteiger partial charge in [0.05, 0.1) is 5.69 Å². The van der Waals surface area contributed by atoms with E-state index >= 15 is 0 Å². The third kappa shape index (κ3) is 3.88. The van der Waals surface area contributed by atoms with E-state index in [9.17, 15) is 9.59 Å². The van der Waals surface area contributed by atoms with Gasteiger partial charge >= 0.3 is 11.8 Å². The molecule has 2 amide bonds. The minimum absolute atomic E-state index is 0.435. The Morgan fingerprint density at radius 2 is 1.39 bits per heavy atom. The van der Waals surface area contributed by atoms with Gasteiger partial charge in [0, 0.05) is 5.69 Å². The molecule has 0 saturated heterocycles. The number of anilines is 2. The molecule has 4 rings (SSSR count). The van der Waals surface area contributed by atoms with Crippen LogP contribution in [0.1, 0.15) is 17.5 Å². The maximum atomic E-state index is 12.4. The van der Waals surface area contributed by atoms with E-state index in [4.69, 9.17) is 4.74 Å². The number of ether oxygens (including phenoxy) is 1. The van der Waals surface area contributed by atoms with Gasteiger partial charge < -0.3 is 15.4 Å². The predicted octanol–water partition coefficient (Wildman–Crippen LogP) is 4.54. The number of para-hydroxylation sites is 3. The molecule has 5 nitrogen and oxygen atoms in total. The summed E-state index contributed by atoms with van der Waals surface area (Å²) in [5.41, 5.74) is 3.50. The van der Waals surface area contributed by atoms with E-state index in [-0.39, 0.29) is 0 Å². The molecule has 0 atom stereocenters. The van der Waals surface area contributed by atoms with Gasteiger partial charge in [-0.2, -0.15) is 0 Å². The van der Waals surface area contributed by atoms with Crippen LogP contribution >= 0.6 is 0 Å². The van der Waals surface area contributed by atoms with Crippen molar-refractivity contribution in [3.63, 3.8) is 0 Å². The maximum absolute atomic E-state index is 12.4. The Balaban J connectivity index is 1.47. The number of benzene rings is 3. The van der Waals surface area contributed by atoms with Crippen LogP contribution in [0.15, 0.2) is 72.8 Å². The Morgan fingerprint density at radius 1 is 0.714 bits per heavy atom. The van der Waals surface area contributed by atoms with Gasteiger partial charge in [-0.15, -0.1) is 0 Å². The van der Waals surface area contributed by atoms with Crippen LogP contribution in [0.2, 0.25) is 0 Å². The van der Waals surface area contributed by atoms with Crippen LogP contribution in [0.3, 0.4) is 0 Å². The lowest BCUT2D eigenvalue weighted by Crippen LogP contribution is -2.29. The van der Waals surface area contributed by atoms with Crippen LogP contribution in [-0.2, 0) is 22.4 Å². The second-order valence-corrected chi connectivity index (χ2v) is 6.62. The second-order valence-electron chi connectivity index (χ2n) is 6.62. The number of aryl methyl sites for hydroxylation is 1. The molecule has 140 valence electrons. The van der Waals surface area contributed by atoms with Gasteiger partial charge in [-0.1, -0.05) is 42.5 Å². The first kappa shape index (κ1) is 17.8. The molecule has 5 heteroatoms. The third-order valence-corrected chi connectivity index (χ3v) is 4.71. The van der Waals surface area contributed by atoms with Crippen LogP contribution in [0, 0.1) is 0 Å². The van der Waals surface area contributed by atoms with Gasteiger partial charge in [0.15, 0.2) is 5.75 Å². The lowest BCUT2D eigenvalue weighted by molar-refractivity contribution is -0.133. The molecule has 1 aliphatic rings. The topological polar surface area (TPSA) is 67.4 Å². The van der Waals surface area contributed by atoms with Crippen molar-refractivity contribution < 1.29 is 14.3 Å². The minimum atomic E-state index is -0.736. The first-order valence-corrected chi connectivity index (χ1v) is 9.26. The van der Waals surface area contributed by atoms with Crippen molar-refractivity contribution in [3.05, 3.63) is 83.9 Å². The highest BCUT2D eigenvalue weighted by atomic mass is 16.5. The van der Waals surface area contributed by atoms with E-state index in [1.807, 2.05) is 42.5 Å². The molecule has 0 aromatic heterocycles. The molecule has 0 spiro atoms. The Morgan fingerprint density at radius 3 is 2.21 bits per heavy atom. The molecule has 0 radical (unpaired) electrons. The summed E-state index contributed by atoms with van der Waals surface area (Å²) in [5.74, 6) is -0.321. The van der Waals surface area contributed by atoms with E-state index in [2.05, 4.69) is 16.7 Å². The van der Waals surface area contributed by atoms with Crippen molar-refractivity contribution in [2.24, 2.45) is 0 Å². The highest BCUT2D eigenvalue weighted by Gasteiger charge is 2.20. The van der Waals surface area contributed by atoms with E-state index in [0.717, 1.165) is 24.8 Å². The molecular weight excluding hydrogens is 352 g/mol. The van der Waals surface area contributed by atoms with Gasteiger partial charge in [0.2, 0.25) is 0 Å². The van der Waals surface area contributed by atoms with Crippen LogP contribution in [0.4, 0.5) is 11.4 Å². The summed E-state index contributed by atoms with van der Waals surface area (Å²) in [7, 11) is 0. The quantitative estimate of drug-likeness (QED) is 0.661. The summed E-state index contributed by atoms with van der Waals surface area (Å²) >= 11 is 0. The number of rotatable bonds is 4. The Kier molecular flexibility index (Phi) is 5.06. The molecule has 2 N–H and O–H groups in total. The van der Waals surface area contributed by atoms with Gasteiger partial charge in [-0.3, -0.25) is 9.59 Å². The summed E-state index contributed by atoms with van der Waals surface area (Å²) in [6.45, 7) is 0. The number of hydrogen-bond acceptors (Lipinski definition) is 3. The molecule has 0 bridgehead atoms. The first-order chi connectivity index (χ1) is 13.7.